The summed E-state index contributed by atoms with van der Waals surface area (Å²) >= 11 is 0. The van der Waals surface area contributed by atoms with Crippen LogP contribution in [0.4, 0.5) is 4.39 Å². The van der Waals surface area contributed by atoms with Gasteiger partial charge in [0.05, 0.1) is 0 Å². The van der Waals surface area contributed by atoms with Gasteiger partial charge in [-0.25, -0.2) is 4.39 Å². The average molecular weight is 238 g/mol. The summed E-state index contributed by atoms with van der Waals surface area (Å²) < 4.78 is 13.3. The van der Waals surface area contributed by atoms with Crippen LogP contribution in [-0.2, 0) is 6.42 Å². The van der Waals surface area contributed by atoms with Crippen LogP contribution in [0.3, 0.4) is 0 Å². The lowest BCUT2D eigenvalue weighted by Gasteiger charge is -2.17. The van der Waals surface area contributed by atoms with Gasteiger partial charge in [-0.3, -0.25) is 0 Å². The number of rotatable bonds is 7. The second kappa shape index (κ2) is 6.72. The molecule has 0 bridgehead atoms. The Kier molecular flexibility index (Phi) is 5.59. The van der Waals surface area contributed by atoms with Crippen LogP contribution in [0.25, 0.3) is 0 Å². The normalized spacial score (nSPS) is 11.8. The second-order valence-electron chi connectivity index (χ2n) is 5.18. The number of nitrogens with one attached hydrogen (secondary N) is 1. The highest BCUT2D eigenvalue weighted by Crippen LogP contribution is 2.07. The minimum absolute atomic E-state index is 0.0901. The summed E-state index contributed by atoms with van der Waals surface area (Å²) in [5, 5.41) is 3.31. The fraction of sp³-hybridized carbons (Fsp3) is 0.571. The third kappa shape index (κ3) is 6.39. The number of nitrogens with two attached hydrogens (primary N) is 1. The predicted molar refractivity (Wildman–Crippen MR) is 70.5 cm³/mol. The summed E-state index contributed by atoms with van der Waals surface area (Å²) in [4.78, 5) is 0. The van der Waals surface area contributed by atoms with Gasteiger partial charge in [0.25, 0.3) is 0 Å². The number of halogens is 1. The van der Waals surface area contributed by atoms with Crippen molar-refractivity contribution in [2.24, 2.45) is 5.73 Å². The van der Waals surface area contributed by atoms with Gasteiger partial charge in [-0.15, -0.1) is 0 Å². The van der Waals surface area contributed by atoms with Gasteiger partial charge in [-0.2, -0.15) is 0 Å². The van der Waals surface area contributed by atoms with Crippen LogP contribution in [0, 0.1) is 5.82 Å². The Labute approximate surface area is 103 Å². The lowest BCUT2D eigenvalue weighted by atomic mass is 10.0. The van der Waals surface area contributed by atoms with Crippen LogP contribution in [0.2, 0.25) is 0 Å². The van der Waals surface area contributed by atoms with Crippen LogP contribution in [-0.4, -0.2) is 18.6 Å². The van der Waals surface area contributed by atoms with Gasteiger partial charge in [-0.1, -0.05) is 18.2 Å². The highest BCUT2D eigenvalue weighted by molar-refractivity contribution is 5.17. The van der Waals surface area contributed by atoms with Gasteiger partial charge in [0.2, 0.25) is 0 Å². The molecule has 1 aromatic carbocycles. The standard InChI is InChI=1S/C14H23FN2/c1-14(2,16)9-5-10-17-11-8-12-6-3-4-7-13(12)15/h3-4,6-7,17H,5,8-11,16H2,1-2H3. The summed E-state index contributed by atoms with van der Waals surface area (Å²) in [7, 11) is 0. The number of hydrogen-bond donors (Lipinski definition) is 2. The van der Waals surface area contributed by atoms with E-state index in [1.807, 2.05) is 26.0 Å². The van der Waals surface area contributed by atoms with Crippen molar-refractivity contribution in [2.45, 2.75) is 38.6 Å². The molecule has 0 saturated carbocycles. The maximum absolute atomic E-state index is 13.3. The van der Waals surface area contributed by atoms with Gasteiger partial charge in [0.15, 0.2) is 0 Å². The smallest absolute Gasteiger partial charge is 0.126 e. The quantitative estimate of drug-likeness (QED) is 0.716. The van der Waals surface area contributed by atoms with Crippen molar-refractivity contribution >= 4 is 0 Å². The Morgan fingerprint density at radius 2 is 1.94 bits per heavy atom. The summed E-state index contributed by atoms with van der Waals surface area (Å²) in [6.07, 6.45) is 2.79. The third-order valence-corrected chi connectivity index (χ3v) is 2.70. The van der Waals surface area contributed by atoms with Crippen molar-refractivity contribution in [3.63, 3.8) is 0 Å². The molecule has 0 unspecified atom stereocenters. The predicted octanol–water partition coefficient (Wildman–Crippen LogP) is 2.48. The average Bonchev–Trinajstić information content (AvgIpc) is 2.24. The third-order valence-electron chi connectivity index (χ3n) is 2.70. The lowest BCUT2D eigenvalue weighted by molar-refractivity contribution is 0.449. The van der Waals surface area contributed by atoms with E-state index in [1.165, 1.54) is 6.07 Å². The first-order valence-electron chi connectivity index (χ1n) is 6.22. The molecule has 0 spiro atoms. The van der Waals surface area contributed by atoms with Crippen molar-refractivity contribution in [3.8, 4) is 0 Å². The number of hydrogen-bond acceptors (Lipinski definition) is 2. The topological polar surface area (TPSA) is 38.0 Å². The minimum atomic E-state index is -0.114. The zero-order valence-corrected chi connectivity index (χ0v) is 10.8. The summed E-state index contributed by atoms with van der Waals surface area (Å²) in [5.41, 5.74) is 6.57. The van der Waals surface area contributed by atoms with E-state index in [0.29, 0.717) is 0 Å². The molecule has 17 heavy (non-hydrogen) atoms. The van der Waals surface area contributed by atoms with Crippen molar-refractivity contribution in [3.05, 3.63) is 35.6 Å². The lowest BCUT2D eigenvalue weighted by Crippen LogP contribution is -2.33. The number of benzene rings is 1. The molecule has 0 aliphatic rings. The molecule has 3 heteroatoms. The van der Waals surface area contributed by atoms with E-state index in [0.717, 1.165) is 37.9 Å². The summed E-state index contributed by atoms with van der Waals surface area (Å²) in [6, 6.07) is 6.93. The van der Waals surface area contributed by atoms with E-state index in [-0.39, 0.29) is 11.4 Å². The van der Waals surface area contributed by atoms with Crippen LogP contribution >= 0.6 is 0 Å². The van der Waals surface area contributed by atoms with Gasteiger partial charge in [0.1, 0.15) is 5.82 Å². The summed E-state index contributed by atoms with van der Waals surface area (Å²) in [5.74, 6) is -0.114. The molecule has 0 amide bonds. The maximum Gasteiger partial charge on any atom is 0.126 e. The van der Waals surface area contributed by atoms with Gasteiger partial charge in [0, 0.05) is 5.54 Å². The van der Waals surface area contributed by atoms with E-state index in [9.17, 15) is 4.39 Å². The monoisotopic (exact) mass is 238 g/mol. The van der Waals surface area contributed by atoms with Crippen molar-refractivity contribution < 1.29 is 4.39 Å². The molecule has 0 heterocycles. The minimum Gasteiger partial charge on any atom is -0.326 e. The van der Waals surface area contributed by atoms with Crippen LogP contribution in [0.1, 0.15) is 32.3 Å². The Morgan fingerprint density at radius 3 is 2.59 bits per heavy atom. The molecule has 0 fully saturated rings. The molecular weight excluding hydrogens is 215 g/mol. The largest absolute Gasteiger partial charge is 0.326 e. The molecule has 0 saturated heterocycles. The Morgan fingerprint density at radius 1 is 1.24 bits per heavy atom. The molecule has 0 radical (unpaired) electrons. The van der Waals surface area contributed by atoms with Crippen LogP contribution in [0.5, 0.6) is 0 Å². The van der Waals surface area contributed by atoms with Crippen molar-refractivity contribution in [1.82, 2.24) is 5.32 Å². The summed E-state index contributed by atoms with van der Waals surface area (Å²) in [6.45, 7) is 5.82. The molecule has 0 aliphatic heterocycles. The zero-order chi connectivity index (χ0) is 12.7. The fourth-order valence-corrected chi connectivity index (χ4v) is 1.72. The second-order valence-corrected chi connectivity index (χ2v) is 5.18. The van der Waals surface area contributed by atoms with E-state index < -0.39 is 0 Å². The molecule has 0 atom stereocenters. The Hall–Kier alpha value is -0.930. The highest BCUT2D eigenvalue weighted by atomic mass is 19.1. The van der Waals surface area contributed by atoms with E-state index >= 15 is 0 Å². The van der Waals surface area contributed by atoms with Crippen molar-refractivity contribution in [2.75, 3.05) is 13.1 Å². The molecule has 2 nitrogen and oxygen atoms in total. The van der Waals surface area contributed by atoms with Crippen molar-refractivity contribution in [1.29, 1.82) is 0 Å². The van der Waals surface area contributed by atoms with Crippen LogP contribution in [0.15, 0.2) is 24.3 Å². The maximum atomic E-state index is 13.3. The van der Waals surface area contributed by atoms with E-state index in [4.69, 9.17) is 5.73 Å². The molecule has 1 aromatic rings. The molecule has 0 aliphatic carbocycles. The first-order valence-corrected chi connectivity index (χ1v) is 6.22. The van der Waals surface area contributed by atoms with Gasteiger partial charge >= 0.3 is 0 Å². The SMILES string of the molecule is CC(C)(N)CCCNCCc1ccccc1F. The van der Waals surface area contributed by atoms with Crippen LogP contribution < -0.4 is 11.1 Å². The van der Waals surface area contributed by atoms with Gasteiger partial charge < -0.3 is 11.1 Å². The van der Waals surface area contributed by atoms with Gasteiger partial charge in [-0.05, 0) is 57.8 Å². The highest BCUT2D eigenvalue weighted by Gasteiger charge is 2.08. The molecule has 3 N–H and O–H groups in total. The first-order chi connectivity index (χ1) is 7.99. The molecule has 0 aromatic heterocycles. The molecule has 96 valence electrons. The zero-order valence-electron chi connectivity index (χ0n) is 10.8. The fourth-order valence-electron chi connectivity index (χ4n) is 1.72. The Balaban J connectivity index is 2.11. The van der Waals surface area contributed by atoms with E-state index in [1.54, 1.807) is 6.07 Å². The Bertz CT molecular complexity index is 331. The first kappa shape index (κ1) is 14.1. The molecule has 1 rings (SSSR count). The molecular formula is C14H23FN2. The van der Waals surface area contributed by atoms with E-state index in [2.05, 4.69) is 5.32 Å².